The highest BCUT2D eigenvalue weighted by Gasteiger charge is 2.09. The molecule has 2 aromatic rings. The van der Waals surface area contributed by atoms with Gasteiger partial charge in [-0.15, -0.1) is 11.3 Å². The molecule has 1 aromatic carbocycles. The highest BCUT2D eigenvalue weighted by atomic mass is 32.1. The number of nitrogens with one attached hydrogen (secondary N) is 1. The molecule has 0 unspecified atom stereocenters. The van der Waals surface area contributed by atoms with E-state index in [1.165, 1.54) is 24.5 Å². The minimum atomic E-state index is -0.421. The van der Waals surface area contributed by atoms with E-state index in [4.69, 9.17) is 9.47 Å². The van der Waals surface area contributed by atoms with Gasteiger partial charge in [-0.25, -0.2) is 5.43 Å². The monoisotopic (exact) mass is 346 g/mol. The third-order valence-electron chi connectivity index (χ3n) is 2.89. The van der Waals surface area contributed by atoms with Crippen molar-refractivity contribution in [3.8, 4) is 11.5 Å². The first kappa shape index (κ1) is 17.7. The van der Waals surface area contributed by atoms with E-state index in [2.05, 4.69) is 10.5 Å². The van der Waals surface area contributed by atoms with Crippen LogP contribution < -0.4 is 14.9 Å². The minimum Gasteiger partial charge on any atom is -0.490 e. The molecule has 0 atom stereocenters. The fraction of sp³-hybridized carbons (Fsp3) is 0.235. The number of hydrazone groups is 1. The molecule has 6 nitrogen and oxygen atoms in total. The van der Waals surface area contributed by atoms with E-state index in [0.29, 0.717) is 29.2 Å². The lowest BCUT2D eigenvalue weighted by atomic mass is 10.2. The molecule has 1 aromatic heterocycles. The van der Waals surface area contributed by atoms with Crippen LogP contribution in [0.2, 0.25) is 0 Å². The Bertz CT molecular complexity index is 768. The fourth-order valence-corrected chi connectivity index (χ4v) is 2.59. The molecule has 126 valence electrons. The average Bonchev–Trinajstić information content (AvgIpc) is 2.96. The number of ether oxygens (including phenoxy) is 2. The predicted molar refractivity (Wildman–Crippen MR) is 93.0 cm³/mol. The zero-order valence-corrected chi connectivity index (χ0v) is 14.5. The Balaban J connectivity index is 2.07. The van der Waals surface area contributed by atoms with E-state index in [9.17, 15) is 9.59 Å². The van der Waals surface area contributed by atoms with Crippen LogP contribution in [-0.2, 0) is 4.79 Å². The van der Waals surface area contributed by atoms with Gasteiger partial charge in [-0.2, -0.15) is 5.10 Å². The van der Waals surface area contributed by atoms with Crippen LogP contribution in [0, 0.1) is 6.92 Å². The van der Waals surface area contributed by atoms with E-state index >= 15 is 0 Å². The third-order valence-corrected chi connectivity index (χ3v) is 3.76. The van der Waals surface area contributed by atoms with E-state index in [0.717, 1.165) is 4.88 Å². The summed E-state index contributed by atoms with van der Waals surface area (Å²) in [5, 5.41) is 5.71. The maximum absolute atomic E-state index is 11.9. The number of thiophene rings is 1. The van der Waals surface area contributed by atoms with Crippen molar-refractivity contribution in [1.29, 1.82) is 0 Å². The van der Waals surface area contributed by atoms with Gasteiger partial charge < -0.3 is 9.47 Å². The van der Waals surface area contributed by atoms with Gasteiger partial charge in [-0.3, -0.25) is 9.59 Å². The number of benzene rings is 1. The van der Waals surface area contributed by atoms with Gasteiger partial charge in [0.05, 0.1) is 18.4 Å². The van der Waals surface area contributed by atoms with Crippen molar-refractivity contribution in [2.45, 2.75) is 20.8 Å². The number of nitrogens with zero attached hydrogens (tertiary/aromatic N) is 1. The molecule has 0 aliphatic carbocycles. The Morgan fingerprint density at radius 2 is 2.08 bits per heavy atom. The van der Waals surface area contributed by atoms with Gasteiger partial charge in [0.1, 0.15) is 0 Å². The molecule has 1 N–H and O–H groups in total. The summed E-state index contributed by atoms with van der Waals surface area (Å²) in [6.45, 7) is 5.53. The second-order valence-electron chi connectivity index (χ2n) is 4.88. The number of carbonyl (C=O) groups is 2. The van der Waals surface area contributed by atoms with Crippen molar-refractivity contribution < 1.29 is 19.1 Å². The molecule has 0 aliphatic rings. The van der Waals surface area contributed by atoms with Crippen molar-refractivity contribution in [2.24, 2.45) is 5.10 Å². The number of aryl methyl sites for hydroxylation is 1. The Morgan fingerprint density at radius 1 is 1.29 bits per heavy atom. The Hall–Kier alpha value is -2.67. The number of carbonyl (C=O) groups excluding carboxylic acids is 2. The van der Waals surface area contributed by atoms with Crippen LogP contribution >= 0.6 is 11.3 Å². The van der Waals surface area contributed by atoms with Gasteiger partial charge in [0.15, 0.2) is 11.5 Å². The lowest BCUT2D eigenvalue weighted by Crippen LogP contribution is -2.16. The van der Waals surface area contributed by atoms with E-state index in [-0.39, 0.29) is 5.91 Å². The van der Waals surface area contributed by atoms with Crippen LogP contribution in [0.15, 0.2) is 34.7 Å². The van der Waals surface area contributed by atoms with Crippen LogP contribution in [0.25, 0.3) is 0 Å². The van der Waals surface area contributed by atoms with Gasteiger partial charge in [-0.05, 0) is 43.7 Å². The highest BCUT2D eigenvalue weighted by molar-refractivity contribution is 7.10. The number of hydrogen-bond acceptors (Lipinski definition) is 6. The molecule has 2 rings (SSSR count). The van der Waals surface area contributed by atoms with Crippen molar-refractivity contribution in [3.63, 3.8) is 0 Å². The molecule has 1 heterocycles. The molecule has 1 amide bonds. The normalized spacial score (nSPS) is 10.6. The summed E-state index contributed by atoms with van der Waals surface area (Å²) in [6, 6.07) is 6.83. The maximum Gasteiger partial charge on any atom is 0.308 e. The quantitative estimate of drug-likeness (QED) is 0.377. The summed E-state index contributed by atoms with van der Waals surface area (Å²) in [5.41, 5.74) is 3.75. The Morgan fingerprint density at radius 3 is 2.71 bits per heavy atom. The lowest BCUT2D eigenvalue weighted by Gasteiger charge is -2.10. The first-order valence-electron chi connectivity index (χ1n) is 7.33. The molecule has 0 saturated carbocycles. The third kappa shape index (κ3) is 4.92. The SMILES string of the molecule is CCOc1cc(C=NNC(=O)c2csc(C)c2)ccc1OC(C)=O. The summed E-state index contributed by atoms with van der Waals surface area (Å²) in [6.07, 6.45) is 1.50. The van der Waals surface area contributed by atoms with Crippen molar-refractivity contribution in [2.75, 3.05) is 6.61 Å². The molecule has 0 aliphatic heterocycles. The minimum absolute atomic E-state index is 0.267. The summed E-state index contributed by atoms with van der Waals surface area (Å²) >= 11 is 1.51. The summed E-state index contributed by atoms with van der Waals surface area (Å²) in [4.78, 5) is 24.0. The molecule has 0 spiro atoms. The molecule has 24 heavy (non-hydrogen) atoms. The fourth-order valence-electron chi connectivity index (χ4n) is 1.90. The van der Waals surface area contributed by atoms with Gasteiger partial charge in [-0.1, -0.05) is 0 Å². The summed E-state index contributed by atoms with van der Waals surface area (Å²) in [5.74, 6) is 0.101. The second kappa shape index (κ2) is 8.26. The van der Waals surface area contributed by atoms with E-state index in [1.807, 2.05) is 13.8 Å². The molecule has 7 heteroatoms. The Kier molecular flexibility index (Phi) is 6.08. The second-order valence-corrected chi connectivity index (χ2v) is 5.99. The molecule has 0 radical (unpaired) electrons. The molecule has 0 bridgehead atoms. The van der Waals surface area contributed by atoms with Crippen LogP contribution in [0.4, 0.5) is 0 Å². The van der Waals surface area contributed by atoms with Gasteiger partial charge in [0.25, 0.3) is 5.91 Å². The maximum atomic E-state index is 11.9. The molecular formula is C17H18N2O4S. The Labute approximate surface area is 144 Å². The average molecular weight is 346 g/mol. The van der Waals surface area contributed by atoms with Gasteiger partial charge in [0.2, 0.25) is 0 Å². The zero-order chi connectivity index (χ0) is 17.5. The predicted octanol–water partition coefficient (Wildman–Crippen LogP) is 3.14. The van der Waals surface area contributed by atoms with Gasteiger partial charge >= 0.3 is 5.97 Å². The zero-order valence-electron chi connectivity index (χ0n) is 13.7. The van der Waals surface area contributed by atoms with E-state index < -0.39 is 5.97 Å². The van der Waals surface area contributed by atoms with Crippen molar-refractivity contribution >= 4 is 29.4 Å². The number of amides is 1. The topological polar surface area (TPSA) is 77.0 Å². The van der Waals surface area contributed by atoms with Crippen LogP contribution in [0.3, 0.4) is 0 Å². The van der Waals surface area contributed by atoms with E-state index in [1.54, 1.807) is 29.6 Å². The summed E-state index contributed by atoms with van der Waals surface area (Å²) < 4.78 is 10.5. The molecule has 0 saturated heterocycles. The van der Waals surface area contributed by atoms with Crippen molar-refractivity contribution in [3.05, 3.63) is 45.6 Å². The highest BCUT2D eigenvalue weighted by Crippen LogP contribution is 2.28. The van der Waals surface area contributed by atoms with Crippen LogP contribution in [0.5, 0.6) is 11.5 Å². The van der Waals surface area contributed by atoms with Crippen LogP contribution in [-0.4, -0.2) is 24.7 Å². The molecule has 0 fully saturated rings. The lowest BCUT2D eigenvalue weighted by molar-refractivity contribution is -0.132. The molecular weight excluding hydrogens is 328 g/mol. The smallest absolute Gasteiger partial charge is 0.308 e. The first-order chi connectivity index (χ1) is 11.5. The van der Waals surface area contributed by atoms with Crippen molar-refractivity contribution in [1.82, 2.24) is 5.43 Å². The number of esters is 1. The number of hydrogen-bond donors (Lipinski definition) is 1. The standard InChI is InChI=1S/C17H18N2O4S/c1-4-22-16-8-13(5-6-15(16)23-12(3)20)9-18-19-17(21)14-7-11(2)24-10-14/h5-10H,4H2,1-3H3,(H,19,21). The number of rotatable bonds is 6. The first-order valence-corrected chi connectivity index (χ1v) is 8.21. The van der Waals surface area contributed by atoms with Gasteiger partial charge in [0, 0.05) is 17.2 Å². The van der Waals surface area contributed by atoms with Crippen LogP contribution in [0.1, 0.15) is 34.6 Å². The summed E-state index contributed by atoms with van der Waals surface area (Å²) in [7, 11) is 0. The largest absolute Gasteiger partial charge is 0.490 e.